The van der Waals surface area contributed by atoms with E-state index in [1.807, 2.05) is 0 Å². The van der Waals surface area contributed by atoms with Gasteiger partial charge < -0.3 is 10.6 Å². The lowest BCUT2D eigenvalue weighted by Crippen LogP contribution is -2.44. The van der Waals surface area contributed by atoms with Gasteiger partial charge in [-0.15, -0.1) is 24.8 Å². The Kier molecular flexibility index (Phi) is 8.84. The highest BCUT2D eigenvalue weighted by Gasteiger charge is 2.23. The largest absolute Gasteiger partial charge is 0.328 e. The monoisotopic (exact) mass is 268 g/mol. The summed E-state index contributed by atoms with van der Waals surface area (Å²) in [5.74, 6) is 0. The molecule has 0 atom stereocenters. The minimum Gasteiger partial charge on any atom is -0.328 e. The van der Waals surface area contributed by atoms with Crippen molar-refractivity contribution in [2.24, 2.45) is 5.73 Å². The zero-order valence-electron chi connectivity index (χ0n) is 10.1. The van der Waals surface area contributed by atoms with Crippen molar-refractivity contribution >= 4 is 24.8 Å². The van der Waals surface area contributed by atoms with Crippen molar-refractivity contribution in [2.75, 3.05) is 13.1 Å². The second-order valence-corrected chi connectivity index (χ2v) is 5.02. The summed E-state index contributed by atoms with van der Waals surface area (Å²) in [6.45, 7) is 2.51. The minimum absolute atomic E-state index is 0. The maximum Gasteiger partial charge on any atom is 0.00952 e. The van der Waals surface area contributed by atoms with Crippen molar-refractivity contribution in [1.82, 2.24) is 4.90 Å². The first kappa shape index (κ1) is 16.5. The third kappa shape index (κ3) is 4.79. The van der Waals surface area contributed by atoms with Gasteiger partial charge in [-0.2, -0.15) is 0 Å². The fourth-order valence-corrected chi connectivity index (χ4v) is 2.91. The molecule has 1 aliphatic carbocycles. The van der Waals surface area contributed by atoms with E-state index in [0.29, 0.717) is 6.04 Å². The van der Waals surface area contributed by atoms with Gasteiger partial charge in [-0.25, -0.2) is 0 Å². The number of halogens is 2. The smallest absolute Gasteiger partial charge is 0.00952 e. The van der Waals surface area contributed by atoms with Crippen LogP contribution in [0.5, 0.6) is 0 Å². The Morgan fingerprint density at radius 2 is 1.25 bits per heavy atom. The first-order chi connectivity index (χ1) is 6.86. The lowest BCUT2D eigenvalue weighted by atomic mass is 10.0. The van der Waals surface area contributed by atoms with E-state index in [2.05, 4.69) is 4.90 Å². The average Bonchev–Trinajstić information content (AvgIpc) is 2.47. The molecule has 0 unspecified atom stereocenters. The van der Waals surface area contributed by atoms with E-state index in [9.17, 15) is 0 Å². The van der Waals surface area contributed by atoms with Crippen LogP contribution in [0.1, 0.15) is 51.4 Å². The van der Waals surface area contributed by atoms with Crippen molar-refractivity contribution in [3.63, 3.8) is 0 Å². The third-order valence-corrected chi connectivity index (χ3v) is 3.92. The predicted molar refractivity (Wildman–Crippen MR) is 74.8 cm³/mol. The summed E-state index contributed by atoms with van der Waals surface area (Å²) in [4.78, 5) is 2.70. The lowest BCUT2D eigenvalue weighted by Gasteiger charge is -2.36. The van der Waals surface area contributed by atoms with Gasteiger partial charge >= 0.3 is 0 Å². The number of hydrogen-bond donors (Lipinski definition) is 1. The maximum atomic E-state index is 5.93. The highest BCUT2D eigenvalue weighted by atomic mass is 35.5. The summed E-state index contributed by atoms with van der Waals surface area (Å²) in [7, 11) is 0. The SMILES string of the molecule is Cl.Cl.NC1CCN(C2CCCCCC2)CC1. The Balaban J connectivity index is 0.00000112. The number of hydrogen-bond acceptors (Lipinski definition) is 2. The molecule has 0 amide bonds. The predicted octanol–water partition coefficient (Wildman–Crippen LogP) is 2.98. The summed E-state index contributed by atoms with van der Waals surface area (Å²) in [6, 6.07) is 1.38. The molecule has 0 spiro atoms. The van der Waals surface area contributed by atoms with E-state index in [4.69, 9.17) is 5.73 Å². The molecule has 1 heterocycles. The zero-order chi connectivity index (χ0) is 9.80. The summed E-state index contributed by atoms with van der Waals surface area (Å²) in [5, 5.41) is 0. The van der Waals surface area contributed by atoms with Gasteiger partial charge in [0.15, 0.2) is 0 Å². The van der Waals surface area contributed by atoms with Crippen LogP contribution >= 0.6 is 24.8 Å². The molecule has 0 aromatic heterocycles. The molecule has 2 fully saturated rings. The van der Waals surface area contributed by atoms with E-state index in [1.54, 1.807) is 0 Å². The molecule has 0 bridgehead atoms. The summed E-state index contributed by atoms with van der Waals surface area (Å²) >= 11 is 0. The van der Waals surface area contributed by atoms with Gasteiger partial charge in [-0.05, 0) is 38.8 Å². The number of rotatable bonds is 1. The normalized spacial score (nSPS) is 25.3. The number of piperidine rings is 1. The molecule has 0 radical (unpaired) electrons. The van der Waals surface area contributed by atoms with E-state index in [1.165, 1.54) is 64.5 Å². The van der Waals surface area contributed by atoms with Crippen molar-refractivity contribution in [1.29, 1.82) is 0 Å². The third-order valence-electron chi connectivity index (χ3n) is 3.92. The highest BCUT2D eigenvalue weighted by Crippen LogP contribution is 2.24. The minimum atomic E-state index is 0. The van der Waals surface area contributed by atoms with E-state index >= 15 is 0 Å². The van der Waals surface area contributed by atoms with Gasteiger partial charge in [0.05, 0.1) is 0 Å². The molecule has 16 heavy (non-hydrogen) atoms. The Labute approximate surface area is 112 Å². The van der Waals surface area contributed by atoms with Crippen LogP contribution in [0.2, 0.25) is 0 Å². The first-order valence-corrected chi connectivity index (χ1v) is 6.36. The average molecular weight is 269 g/mol. The van der Waals surface area contributed by atoms with Crippen molar-refractivity contribution in [3.05, 3.63) is 0 Å². The molecular weight excluding hydrogens is 243 g/mol. The molecule has 0 aromatic carbocycles. The van der Waals surface area contributed by atoms with Crippen LogP contribution in [0, 0.1) is 0 Å². The van der Waals surface area contributed by atoms with Crippen LogP contribution in [-0.2, 0) is 0 Å². The number of likely N-dealkylation sites (tertiary alicyclic amines) is 1. The number of nitrogens with two attached hydrogens (primary N) is 1. The molecule has 98 valence electrons. The quantitative estimate of drug-likeness (QED) is 0.741. The number of nitrogens with zero attached hydrogens (tertiary/aromatic N) is 1. The van der Waals surface area contributed by atoms with Gasteiger partial charge in [0.2, 0.25) is 0 Å². The van der Waals surface area contributed by atoms with Gasteiger partial charge in [0.25, 0.3) is 0 Å². The summed E-state index contributed by atoms with van der Waals surface area (Å²) < 4.78 is 0. The van der Waals surface area contributed by atoms with Crippen LogP contribution < -0.4 is 5.73 Å². The van der Waals surface area contributed by atoms with Crippen LogP contribution in [0.3, 0.4) is 0 Å². The van der Waals surface area contributed by atoms with Gasteiger partial charge in [-0.3, -0.25) is 0 Å². The van der Waals surface area contributed by atoms with E-state index in [-0.39, 0.29) is 24.8 Å². The van der Waals surface area contributed by atoms with Crippen molar-refractivity contribution < 1.29 is 0 Å². The van der Waals surface area contributed by atoms with Crippen LogP contribution in [-0.4, -0.2) is 30.1 Å². The van der Waals surface area contributed by atoms with Crippen molar-refractivity contribution in [3.8, 4) is 0 Å². The first-order valence-electron chi connectivity index (χ1n) is 6.36. The fraction of sp³-hybridized carbons (Fsp3) is 1.00. The Hall–Kier alpha value is 0.500. The molecule has 1 saturated heterocycles. The molecule has 1 aliphatic heterocycles. The van der Waals surface area contributed by atoms with Crippen LogP contribution in [0.25, 0.3) is 0 Å². The maximum absolute atomic E-state index is 5.93. The zero-order valence-corrected chi connectivity index (χ0v) is 11.7. The fourth-order valence-electron chi connectivity index (χ4n) is 2.91. The van der Waals surface area contributed by atoms with Gasteiger partial charge in [0.1, 0.15) is 0 Å². The Bertz CT molecular complexity index is 162. The molecule has 2 N–H and O–H groups in total. The van der Waals surface area contributed by atoms with Crippen LogP contribution in [0.15, 0.2) is 0 Å². The molecule has 2 nitrogen and oxygen atoms in total. The summed E-state index contributed by atoms with van der Waals surface area (Å²) in [6.07, 6.45) is 11.1. The highest BCUT2D eigenvalue weighted by molar-refractivity contribution is 5.85. The Morgan fingerprint density at radius 3 is 1.75 bits per heavy atom. The second kappa shape index (κ2) is 8.57. The van der Waals surface area contributed by atoms with Gasteiger partial charge in [-0.1, -0.05) is 25.7 Å². The van der Waals surface area contributed by atoms with Gasteiger partial charge in [0, 0.05) is 12.1 Å². The second-order valence-electron chi connectivity index (χ2n) is 5.02. The summed E-state index contributed by atoms with van der Waals surface area (Å²) in [5.41, 5.74) is 5.93. The Morgan fingerprint density at radius 1 is 0.750 bits per heavy atom. The van der Waals surface area contributed by atoms with E-state index in [0.717, 1.165) is 6.04 Å². The molecule has 2 rings (SSSR count). The molecule has 1 saturated carbocycles. The molecule has 2 aliphatic rings. The van der Waals surface area contributed by atoms with Crippen LogP contribution in [0.4, 0.5) is 0 Å². The topological polar surface area (TPSA) is 29.3 Å². The lowest BCUT2D eigenvalue weighted by molar-refractivity contribution is 0.140. The standard InChI is InChI=1S/C12H24N2.2ClH/c13-11-7-9-14(10-8-11)12-5-3-1-2-4-6-12;;/h11-12H,1-10,13H2;2*1H. The molecule has 4 heteroatoms. The van der Waals surface area contributed by atoms with Crippen molar-refractivity contribution in [2.45, 2.75) is 63.5 Å². The molecule has 0 aromatic rings. The van der Waals surface area contributed by atoms with E-state index < -0.39 is 0 Å². The molecular formula is C12H26Cl2N2.